The summed E-state index contributed by atoms with van der Waals surface area (Å²) >= 11 is 0. The molecule has 1 atom stereocenters. The summed E-state index contributed by atoms with van der Waals surface area (Å²) in [7, 11) is 0. The van der Waals surface area contributed by atoms with Gasteiger partial charge in [0.15, 0.2) is 0 Å². The minimum absolute atomic E-state index is 0.252. The Morgan fingerprint density at radius 3 is 2.26 bits per heavy atom. The summed E-state index contributed by atoms with van der Waals surface area (Å²) in [6, 6.07) is 22.3. The number of hydrogen-bond acceptors (Lipinski definition) is 2. The van der Waals surface area contributed by atoms with Crippen molar-refractivity contribution >= 4 is 22.1 Å². The third kappa shape index (κ3) is 2.26. The number of benzene rings is 3. The van der Waals surface area contributed by atoms with E-state index in [0.29, 0.717) is 0 Å². The summed E-state index contributed by atoms with van der Waals surface area (Å²) in [5.41, 5.74) is 5.25. The zero-order valence-electron chi connectivity index (χ0n) is 13.7. The summed E-state index contributed by atoms with van der Waals surface area (Å²) in [4.78, 5) is 2.38. The molecule has 0 aliphatic carbocycles. The van der Waals surface area contributed by atoms with Gasteiger partial charge in [-0.05, 0) is 48.6 Å². The molecule has 1 aliphatic rings. The maximum atomic E-state index is 3.69. The Bertz CT molecular complexity index is 827. The van der Waals surface area contributed by atoms with Gasteiger partial charge in [-0.3, -0.25) is 0 Å². The van der Waals surface area contributed by atoms with E-state index in [9.17, 15) is 0 Å². The van der Waals surface area contributed by atoms with E-state index in [1.54, 1.807) is 0 Å². The van der Waals surface area contributed by atoms with Gasteiger partial charge in [-0.15, -0.1) is 0 Å². The van der Waals surface area contributed by atoms with Crippen LogP contribution in [0.5, 0.6) is 0 Å². The molecule has 0 spiro atoms. The summed E-state index contributed by atoms with van der Waals surface area (Å²) in [5, 5.41) is 6.37. The van der Waals surface area contributed by atoms with Crippen LogP contribution in [0.3, 0.4) is 0 Å². The first-order valence-corrected chi connectivity index (χ1v) is 8.45. The topological polar surface area (TPSA) is 15.3 Å². The maximum Gasteiger partial charge on any atom is 0.0774 e. The van der Waals surface area contributed by atoms with Crippen LogP contribution >= 0.6 is 0 Å². The van der Waals surface area contributed by atoms with Crippen molar-refractivity contribution in [2.75, 3.05) is 23.3 Å². The lowest BCUT2D eigenvalue weighted by molar-refractivity contribution is 0.864. The standard InChI is InChI=1S/C21H22N2/c1-3-23(4-2)17-13-11-16(12-14-17)21-18-9-5-7-15-8-6-10-19(22-21)20(15)18/h5-14,21-22H,3-4H2,1-2H3. The van der Waals surface area contributed by atoms with Crippen molar-refractivity contribution < 1.29 is 0 Å². The monoisotopic (exact) mass is 302 g/mol. The number of hydrogen-bond donors (Lipinski definition) is 1. The summed E-state index contributed by atoms with van der Waals surface area (Å²) in [5.74, 6) is 0. The van der Waals surface area contributed by atoms with Gasteiger partial charge in [0.05, 0.1) is 6.04 Å². The molecular formula is C21H22N2. The number of nitrogens with zero attached hydrogens (tertiary/aromatic N) is 1. The molecule has 3 aromatic rings. The fourth-order valence-electron chi connectivity index (χ4n) is 3.69. The average Bonchev–Trinajstić information content (AvgIpc) is 2.98. The Morgan fingerprint density at radius 2 is 1.57 bits per heavy atom. The van der Waals surface area contributed by atoms with E-state index in [1.165, 1.54) is 33.3 Å². The zero-order valence-corrected chi connectivity index (χ0v) is 13.7. The number of nitrogens with one attached hydrogen (secondary N) is 1. The van der Waals surface area contributed by atoms with Crippen molar-refractivity contribution in [3.05, 3.63) is 71.8 Å². The van der Waals surface area contributed by atoms with Gasteiger partial charge < -0.3 is 10.2 Å². The van der Waals surface area contributed by atoms with E-state index in [-0.39, 0.29) is 6.04 Å². The lowest BCUT2D eigenvalue weighted by atomic mass is 9.97. The second-order valence-electron chi connectivity index (χ2n) is 6.09. The van der Waals surface area contributed by atoms with Crippen LogP contribution in [-0.4, -0.2) is 13.1 Å². The molecule has 0 aromatic heterocycles. The first-order valence-electron chi connectivity index (χ1n) is 8.45. The Balaban J connectivity index is 1.72. The average molecular weight is 302 g/mol. The third-order valence-corrected chi connectivity index (χ3v) is 4.90. The van der Waals surface area contributed by atoms with Gasteiger partial charge in [0.1, 0.15) is 0 Å². The highest BCUT2D eigenvalue weighted by Crippen LogP contribution is 2.42. The fourth-order valence-corrected chi connectivity index (χ4v) is 3.69. The third-order valence-electron chi connectivity index (χ3n) is 4.90. The van der Waals surface area contributed by atoms with Crippen LogP contribution in [0.25, 0.3) is 10.8 Å². The van der Waals surface area contributed by atoms with Gasteiger partial charge in [0, 0.05) is 29.9 Å². The summed E-state index contributed by atoms with van der Waals surface area (Å²) in [6.07, 6.45) is 0. The van der Waals surface area contributed by atoms with Crippen molar-refractivity contribution in [3.63, 3.8) is 0 Å². The van der Waals surface area contributed by atoms with Gasteiger partial charge in [-0.25, -0.2) is 0 Å². The molecule has 0 fully saturated rings. The van der Waals surface area contributed by atoms with Gasteiger partial charge >= 0.3 is 0 Å². The van der Waals surface area contributed by atoms with Crippen LogP contribution in [0.2, 0.25) is 0 Å². The first kappa shape index (κ1) is 14.1. The quantitative estimate of drug-likeness (QED) is 0.712. The van der Waals surface area contributed by atoms with Crippen LogP contribution in [-0.2, 0) is 0 Å². The van der Waals surface area contributed by atoms with Crippen molar-refractivity contribution in [1.29, 1.82) is 0 Å². The molecule has 4 rings (SSSR count). The Morgan fingerprint density at radius 1 is 0.870 bits per heavy atom. The molecule has 2 nitrogen and oxygen atoms in total. The smallest absolute Gasteiger partial charge is 0.0774 e. The molecule has 1 aliphatic heterocycles. The minimum Gasteiger partial charge on any atom is -0.374 e. The minimum atomic E-state index is 0.252. The van der Waals surface area contributed by atoms with Crippen LogP contribution in [0, 0.1) is 0 Å². The predicted molar refractivity (Wildman–Crippen MR) is 99.4 cm³/mol. The second-order valence-corrected chi connectivity index (χ2v) is 6.09. The van der Waals surface area contributed by atoms with E-state index in [2.05, 4.69) is 84.7 Å². The van der Waals surface area contributed by atoms with Crippen molar-refractivity contribution in [2.45, 2.75) is 19.9 Å². The van der Waals surface area contributed by atoms with E-state index < -0.39 is 0 Å². The summed E-state index contributed by atoms with van der Waals surface area (Å²) in [6.45, 7) is 6.49. The first-order chi connectivity index (χ1) is 11.3. The molecule has 1 N–H and O–H groups in total. The van der Waals surface area contributed by atoms with Crippen molar-refractivity contribution in [2.24, 2.45) is 0 Å². The van der Waals surface area contributed by atoms with E-state index in [0.717, 1.165) is 13.1 Å². The molecule has 2 heteroatoms. The largest absolute Gasteiger partial charge is 0.374 e. The Labute approximate surface area is 137 Å². The predicted octanol–water partition coefficient (Wildman–Crippen LogP) is 5.20. The molecular weight excluding hydrogens is 280 g/mol. The van der Waals surface area contributed by atoms with Crippen molar-refractivity contribution in [3.8, 4) is 0 Å². The van der Waals surface area contributed by atoms with E-state index >= 15 is 0 Å². The van der Waals surface area contributed by atoms with Crippen LogP contribution < -0.4 is 10.2 Å². The molecule has 3 aromatic carbocycles. The highest BCUT2D eigenvalue weighted by atomic mass is 15.1. The lowest BCUT2D eigenvalue weighted by Crippen LogP contribution is -2.21. The molecule has 0 saturated carbocycles. The van der Waals surface area contributed by atoms with Gasteiger partial charge in [0.25, 0.3) is 0 Å². The normalized spacial score (nSPS) is 15.7. The zero-order chi connectivity index (χ0) is 15.8. The molecule has 0 saturated heterocycles. The number of anilines is 2. The van der Waals surface area contributed by atoms with Crippen molar-refractivity contribution in [1.82, 2.24) is 0 Å². The highest BCUT2D eigenvalue weighted by molar-refractivity contribution is 6.00. The van der Waals surface area contributed by atoms with E-state index in [4.69, 9.17) is 0 Å². The van der Waals surface area contributed by atoms with E-state index in [1.807, 2.05) is 0 Å². The SMILES string of the molecule is CCN(CC)c1ccc(C2Nc3cccc4cccc2c34)cc1. The molecule has 0 bridgehead atoms. The Hall–Kier alpha value is -2.48. The molecule has 1 unspecified atom stereocenters. The number of rotatable bonds is 4. The maximum absolute atomic E-state index is 3.69. The van der Waals surface area contributed by atoms with Gasteiger partial charge in [-0.1, -0.05) is 42.5 Å². The second kappa shape index (κ2) is 5.62. The van der Waals surface area contributed by atoms with Crippen LogP contribution in [0.1, 0.15) is 31.0 Å². The summed E-state index contributed by atoms with van der Waals surface area (Å²) < 4.78 is 0. The van der Waals surface area contributed by atoms with Crippen LogP contribution in [0.15, 0.2) is 60.7 Å². The fraction of sp³-hybridized carbons (Fsp3) is 0.238. The van der Waals surface area contributed by atoms with Crippen LogP contribution in [0.4, 0.5) is 11.4 Å². The molecule has 23 heavy (non-hydrogen) atoms. The lowest BCUT2D eigenvalue weighted by Gasteiger charge is -2.22. The molecule has 116 valence electrons. The molecule has 0 radical (unpaired) electrons. The highest BCUT2D eigenvalue weighted by Gasteiger charge is 2.24. The Kier molecular flexibility index (Phi) is 3.45. The molecule has 0 amide bonds. The molecule has 1 heterocycles. The van der Waals surface area contributed by atoms with Gasteiger partial charge in [0.2, 0.25) is 0 Å². The van der Waals surface area contributed by atoms with Gasteiger partial charge in [-0.2, -0.15) is 0 Å².